The van der Waals surface area contributed by atoms with Crippen molar-refractivity contribution in [1.82, 2.24) is 19.5 Å². The summed E-state index contributed by atoms with van der Waals surface area (Å²) in [5, 5.41) is 8.80. The van der Waals surface area contributed by atoms with Crippen molar-refractivity contribution in [1.29, 1.82) is 0 Å². The van der Waals surface area contributed by atoms with E-state index in [1.165, 1.54) is 6.33 Å². The molecule has 0 unspecified atom stereocenters. The van der Waals surface area contributed by atoms with E-state index in [0.717, 1.165) is 5.56 Å². The summed E-state index contributed by atoms with van der Waals surface area (Å²) in [6.45, 7) is 0.438. The van der Waals surface area contributed by atoms with Crippen LogP contribution < -0.4 is 10.5 Å². The second-order valence-corrected chi connectivity index (χ2v) is 8.25. The van der Waals surface area contributed by atoms with E-state index >= 15 is 0 Å². The van der Waals surface area contributed by atoms with Gasteiger partial charge in [0, 0.05) is 11.6 Å². The van der Waals surface area contributed by atoms with Crippen LogP contribution in [-0.2, 0) is 25.8 Å². The van der Waals surface area contributed by atoms with Crippen molar-refractivity contribution in [3.8, 4) is 0 Å². The summed E-state index contributed by atoms with van der Waals surface area (Å²) in [7, 11) is -3.99. The van der Waals surface area contributed by atoms with Crippen LogP contribution in [-0.4, -0.2) is 40.6 Å². The average Bonchev–Trinajstić information content (AvgIpc) is 3.32. The molecule has 1 saturated heterocycles. The number of hydrogen-bond donors (Lipinski definition) is 2. The fraction of sp³-hybridized carbons (Fsp3) is 0.353. The van der Waals surface area contributed by atoms with E-state index in [1.54, 1.807) is 10.9 Å². The SMILES string of the molecule is NS(=O)(=O)OC[C@@H]1CC[C@H](n2cnc3c(NCc4ccc(Cl)cc4)ncnc32)O1. The van der Waals surface area contributed by atoms with Gasteiger partial charge >= 0.3 is 10.3 Å². The molecule has 2 atom stereocenters. The molecule has 3 heterocycles. The molecular formula is C17H19ClN6O4S. The summed E-state index contributed by atoms with van der Waals surface area (Å²) < 4.78 is 34.2. The van der Waals surface area contributed by atoms with Crippen LogP contribution in [0.1, 0.15) is 24.6 Å². The van der Waals surface area contributed by atoms with E-state index in [4.69, 9.17) is 21.5 Å². The number of anilines is 1. The van der Waals surface area contributed by atoms with E-state index < -0.39 is 10.3 Å². The van der Waals surface area contributed by atoms with Crippen LogP contribution in [0.3, 0.4) is 0 Å². The van der Waals surface area contributed by atoms with Crippen molar-refractivity contribution >= 4 is 38.9 Å². The Hall–Kier alpha value is -2.31. The van der Waals surface area contributed by atoms with Gasteiger partial charge in [0.15, 0.2) is 17.0 Å². The Kier molecular flexibility index (Phi) is 5.65. The van der Waals surface area contributed by atoms with E-state index in [2.05, 4.69) is 24.5 Å². The van der Waals surface area contributed by atoms with Crippen molar-refractivity contribution in [2.24, 2.45) is 5.14 Å². The molecule has 10 nitrogen and oxygen atoms in total. The molecule has 3 aromatic rings. The summed E-state index contributed by atoms with van der Waals surface area (Å²) in [4.78, 5) is 13.0. The number of ether oxygens (including phenoxy) is 1. The summed E-state index contributed by atoms with van der Waals surface area (Å²) in [5.41, 5.74) is 2.29. The van der Waals surface area contributed by atoms with Gasteiger partial charge in [0.25, 0.3) is 0 Å². The highest BCUT2D eigenvalue weighted by Crippen LogP contribution is 2.31. The first kappa shape index (κ1) is 20.0. The van der Waals surface area contributed by atoms with Crippen molar-refractivity contribution in [3.63, 3.8) is 0 Å². The number of halogens is 1. The molecule has 0 amide bonds. The number of benzene rings is 1. The largest absolute Gasteiger partial charge is 0.364 e. The van der Waals surface area contributed by atoms with Crippen LogP contribution >= 0.6 is 11.6 Å². The lowest BCUT2D eigenvalue weighted by Crippen LogP contribution is -2.23. The number of imidazole rings is 1. The maximum absolute atomic E-state index is 10.9. The van der Waals surface area contributed by atoms with E-state index in [1.807, 2.05) is 24.3 Å². The molecule has 0 saturated carbocycles. The highest BCUT2D eigenvalue weighted by atomic mass is 35.5. The van der Waals surface area contributed by atoms with Crippen molar-refractivity contribution < 1.29 is 17.3 Å². The molecule has 0 bridgehead atoms. The molecule has 1 aliphatic heterocycles. The van der Waals surface area contributed by atoms with Crippen LogP contribution in [0.15, 0.2) is 36.9 Å². The Labute approximate surface area is 172 Å². The molecule has 0 radical (unpaired) electrons. The van der Waals surface area contributed by atoms with Gasteiger partial charge in [-0.2, -0.15) is 8.42 Å². The van der Waals surface area contributed by atoms with Crippen LogP contribution in [0.5, 0.6) is 0 Å². The standard InChI is InChI=1S/C17H19ClN6O4S/c18-12-3-1-11(2-4-12)7-20-16-15-17(22-9-21-16)24(10-23-15)14-6-5-13(28-14)8-27-29(19,25)26/h1-4,9-10,13-14H,5-8H2,(H2,19,25,26)(H,20,21,22)/t13-,14+/m0/s1. The predicted molar refractivity (Wildman–Crippen MR) is 106 cm³/mol. The zero-order chi connectivity index (χ0) is 20.4. The minimum Gasteiger partial charge on any atom is -0.364 e. The first-order valence-corrected chi connectivity index (χ1v) is 10.7. The van der Waals surface area contributed by atoms with Gasteiger partial charge in [-0.25, -0.2) is 20.1 Å². The van der Waals surface area contributed by atoms with Gasteiger partial charge < -0.3 is 10.1 Å². The predicted octanol–water partition coefficient (Wildman–Crippen LogP) is 1.99. The monoisotopic (exact) mass is 438 g/mol. The highest BCUT2D eigenvalue weighted by molar-refractivity contribution is 7.84. The number of nitrogens with two attached hydrogens (primary N) is 1. The van der Waals surface area contributed by atoms with Crippen LogP contribution in [0, 0.1) is 0 Å². The quantitative estimate of drug-likeness (QED) is 0.571. The Morgan fingerprint density at radius 3 is 2.79 bits per heavy atom. The summed E-state index contributed by atoms with van der Waals surface area (Å²) in [5.74, 6) is 0.607. The minimum absolute atomic E-state index is 0.120. The normalized spacial score (nSPS) is 19.7. The lowest BCUT2D eigenvalue weighted by atomic mass is 10.2. The average molecular weight is 439 g/mol. The molecule has 12 heteroatoms. The maximum Gasteiger partial charge on any atom is 0.333 e. The molecule has 1 fully saturated rings. The second kappa shape index (κ2) is 8.20. The maximum atomic E-state index is 10.9. The van der Waals surface area contributed by atoms with E-state index in [-0.39, 0.29) is 18.9 Å². The Bertz CT molecular complexity index is 1100. The van der Waals surface area contributed by atoms with Gasteiger partial charge in [-0.1, -0.05) is 23.7 Å². The Morgan fingerprint density at radius 1 is 1.24 bits per heavy atom. The number of nitrogens with one attached hydrogen (secondary N) is 1. The molecule has 1 aromatic carbocycles. The van der Waals surface area contributed by atoms with Gasteiger partial charge in [-0.05, 0) is 30.5 Å². The van der Waals surface area contributed by atoms with Gasteiger partial charge in [0.2, 0.25) is 0 Å². The summed E-state index contributed by atoms with van der Waals surface area (Å²) >= 11 is 5.91. The fourth-order valence-corrected chi connectivity index (χ4v) is 3.63. The fourth-order valence-electron chi connectivity index (χ4n) is 3.16. The molecule has 0 spiro atoms. The van der Waals surface area contributed by atoms with Gasteiger partial charge in [0.1, 0.15) is 12.6 Å². The number of rotatable bonds is 7. The lowest BCUT2D eigenvalue weighted by Gasteiger charge is -2.15. The smallest absolute Gasteiger partial charge is 0.333 e. The molecule has 4 rings (SSSR count). The van der Waals surface area contributed by atoms with Crippen LogP contribution in [0.25, 0.3) is 11.2 Å². The zero-order valence-corrected chi connectivity index (χ0v) is 16.8. The third-order valence-corrected chi connectivity index (χ3v) is 5.26. The Morgan fingerprint density at radius 2 is 2.03 bits per heavy atom. The molecule has 1 aliphatic rings. The first-order valence-electron chi connectivity index (χ1n) is 8.87. The summed E-state index contributed by atoms with van der Waals surface area (Å²) in [6.07, 6.45) is 3.70. The third kappa shape index (κ3) is 4.82. The van der Waals surface area contributed by atoms with Crippen LogP contribution in [0.2, 0.25) is 5.02 Å². The van der Waals surface area contributed by atoms with Crippen molar-refractivity contribution in [2.75, 3.05) is 11.9 Å². The third-order valence-electron chi connectivity index (χ3n) is 4.55. The van der Waals surface area contributed by atoms with Crippen LogP contribution in [0.4, 0.5) is 5.82 Å². The number of hydrogen-bond acceptors (Lipinski definition) is 8. The molecule has 29 heavy (non-hydrogen) atoms. The summed E-state index contributed by atoms with van der Waals surface area (Å²) in [6, 6.07) is 7.53. The van der Waals surface area contributed by atoms with E-state index in [0.29, 0.717) is 41.4 Å². The number of nitrogens with zero attached hydrogens (tertiary/aromatic N) is 4. The molecule has 2 aromatic heterocycles. The molecule has 3 N–H and O–H groups in total. The number of fused-ring (bicyclic) bond motifs is 1. The van der Waals surface area contributed by atoms with Gasteiger partial charge in [-0.3, -0.25) is 8.75 Å². The van der Waals surface area contributed by atoms with Crippen molar-refractivity contribution in [3.05, 3.63) is 47.5 Å². The van der Waals surface area contributed by atoms with Crippen molar-refractivity contribution in [2.45, 2.75) is 31.7 Å². The molecular weight excluding hydrogens is 420 g/mol. The lowest BCUT2D eigenvalue weighted by molar-refractivity contribution is -0.0149. The zero-order valence-electron chi connectivity index (χ0n) is 15.2. The molecule has 154 valence electrons. The van der Waals surface area contributed by atoms with Gasteiger partial charge in [-0.15, -0.1) is 0 Å². The minimum atomic E-state index is -3.99. The second-order valence-electron chi connectivity index (χ2n) is 6.59. The topological polar surface area (TPSA) is 134 Å². The van der Waals surface area contributed by atoms with E-state index in [9.17, 15) is 8.42 Å². The van der Waals surface area contributed by atoms with Gasteiger partial charge in [0.05, 0.1) is 19.0 Å². The highest BCUT2D eigenvalue weighted by Gasteiger charge is 2.29. The Balaban J connectivity index is 1.47. The number of aromatic nitrogens is 4. The first-order chi connectivity index (χ1) is 13.9. The molecule has 0 aliphatic carbocycles.